The number of nitrogens with zero attached hydrogens (tertiary/aromatic N) is 4. The number of aromatic nitrogens is 2. The highest BCUT2D eigenvalue weighted by molar-refractivity contribution is 7.15. The van der Waals surface area contributed by atoms with Crippen molar-refractivity contribution in [3.63, 3.8) is 0 Å². The summed E-state index contributed by atoms with van der Waals surface area (Å²) in [4.78, 5) is 4.89. The molecule has 0 saturated carbocycles. The minimum atomic E-state index is 0.527. The summed E-state index contributed by atoms with van der Waals surface area (Å²) in [6.45, 7) is 9.43. The molecule has 0 bridgehead atoms. The van der Waals surface area contributed by atoms with Crippen molar-refractivity contribution < 1.29 is 0 Å². The second-order valence-electron chi connectivity index (χ2n) is 5.43. The van der Waals surface area contributed by atoms with E-state index in [1.54, 1.807) is 0 Å². The number of aryl methyl sites for hydroxylation is 1. The third-order valence-electron chi connectivity index (χ3n) is 4.09. The van der Waals surface area contributed by atoms with Gasteiger partial charge in [0, 0.05) is 31.9 Å². The highest BCUT2D eigenvalue weighted by Crippen LogP contribution is 2.24. The molecule has 3 rings (SSSR count). The molecule has 6 heteroatoms. The molecule has 1 aromatic carbocycles. The van der Waals surface area contributed by atoms with Crippen LogP contribution in [0.3, 0.4) is 0 Å². The lowest BCUT2D eigenvalue weighted by Crippen LogP contribution is -2.46. The molecule has 0 radical (unpaired) electrons. The Balaban J connectivity index is 1.61. The van der Waals surface area contributed by atoms with E-state index >= 15 is 0 Å². The first kappa shape index (κ1) is 14.8. The molecule has 2 heterocycles. The van der Waals surface area contributed by atoms with E-state index in [-0.39, 0.29) is 0 Å². The number of hydrogen-bond acceptors (Lipinski definition) is 5. The maximum Gasteiger partial charge on any atom is 0.207 e. The minimum Gasteiger partial charge on any atom is -0.369 e. The quantitative estimate of drug-likeness (QED) is 0.869. The van der Waals surface area contributed by atoms with E-state index in [0.29, 0.717) is 4.47 Å². The molecule has 1 aliphatic heterocycles. The van der Waals surface area contributed by atoms with Crippen molar-refractivity contribution in [2.75, 3.05) is 31.1 Å². The van der Waals surface area contributed by atoms with Crippen LogP contribution >= 0.6 is 22.9 Å². The van der Waals surface area contributed by atoms with E-state index in [0.717, 1.165) is 37.7 Å². The van der Waals surface area contributed by atoms with Gasteiger partial charge in [-0.1, -0.05) is 23.5 Å². The normalized spacial score (nSPS) is 16.4. The zero-order chi connectivity index (χ0) is 14.8. The molecule has 0 N–H and O–H groups in total. The standard InChI is InChI=1S/C15H19ClN4S/c1-11-4-3-5-13(12(11)2)20-8-6-19(7-9-20)10-14-17-18-15(16)21-14/h3-5H,6-10H2,1-2H3. The second-order valence-corrected chi connectivity index (χ2v) is 7.08. The molecule has 112 valence electrons. The van der Waals surface area contributed by atoms with Crippen molar-refractivity contribution >= 4 is 28.6 Å². The van der Waals surface area contributed by atoms with Crippen molar-refractivity contribution in [3.05, 3.63) is 38.8 Å². The zero-order valence-electron chi connectivity index (χ0n) is 12.3. The minimum absolute atomic E-state index is 0.527. The molecule has 1 fully saturated rings. The lowest BCUT2D eigenvalue weighted by molar-refractivity contribution is 0.249. The lowest BCUT2D eigenvalue weighted by atomic mass is 10.1. The number of hydrogen-bond donors (Lipinski definition) is 0. The van der Waals surface area contributed by atoms with Crippen LogP contribution < -0.4 is 4.90 Å². The van der Waals surface area contributed by atoms with Gasteiger partial charge in [-0.25, -0.2) is 0 Å². The molecule has 1 aliphatic rings. The van der Waals surface area contributed by atoms with Crippen molar-refractivity contribution in [1.82, 2.24) is 15.1 Å². The van der Waals surface area contributed by atoms with Gasteiger partial charge in [-0.3, -0.25) is 4.90 Å². The summed E-state index contributed by atoms with van der Waals surface area (Å²) >= 11 is 7.30. The van der Waals surface area contributed by atoms with Crippen LogP contribution in [-0.2, 0) is 6.54 Å². The number of piperazine rings is 1. The molecular weight excluding hydrogens is 304 g/mol. The first-order valence-corrected chi connectivity index (χ1v) is 8.34. The van der Waals surface area contributed by atoms with Crippen molar-refractivity contribution in [2.45, 2.75) is 20.4 Å². The Morgan fingerprint density at radius 1 is 1.14 bits per heavy atom. The lowest BCUT2D eigenvalue weighted by Gasteiger charge is -2.36. The van der Waals surface area contributed by atoms with Crippen LogP contribution in [-0.4, -0.2) is 41.3 Å². The summed E-state index contributed by atoms with van der Waals surface area (Å²) < 4.78 is 0.527. The fourth-order valence-electron chi connectivity index (χ4n) is 2.71. The number of benzene rings is 1. The van der Waals surface area contributed by atoms with Crippen molar-refractivity contribution in [2.24, 2.45) is 0 Å². The fraction of sp³-hybridized carbons (Fsp3) is 0.467. The molecule has 2 aromatic rings. The van der Waals surface area contributed by atoms with E-state index in [1.165, 1.54) is 28.2 Å². The highest BCUT2D eigenvalue weighted by atomic mass is 35.5. The Morgan fingerprint density at radius 3 is 2.57 bits per heavy atom. The monoisotopic (exact) mass is 322 g/mol. The largest absolute Gasteiger partial charge is 0.369 e. The third kappa shape index (κ3) is 3.36. The molecule has 0 spiro atoms. The van der Waals surface area contributed by atoms with E-state index in [9.17, 15) is 0 Å². The first-order valence-electron chi connectivity index (χ1n) is 7.15. The summed E-state index contributed by atoms with van der Waals surface area (Å²) in [5.74, 6) is 0. The Labute approximate surface area is 134 Å². The highest BCUT2D eigenvalue weighted by Gasteiger charge is 2.19. The van der Waals surface area contributed by atoms with E-state index in [1.807, 2.05) is 0 Å². The molecule has 0 atom stereocenters. The van der Waals surface area contributed by atoms with Gasteiger partial charge in [-0.05, 0) is 42.6 Å². The van der Waals surface area contributed by atoms with Gasteiger partial charge >= 0.3 is 0 Å². The predicted octanol–water partition coefficient (Wildman–Crippen LogP) is 3.13. The molecule has 0 aliphatic carbocycles. The maximum absolute atomic E-state index is 5.83. The number of rotatable bonds is 3. The average molecular weight is 323 g/mol. The van der Waals surface area contributed by atoms with E-state index < -0.39 is 0 Å². The summed E-state index contributed by atoms with van der Waals surface area (Å²) in [6.07, 6.45) is 0. The third-order valence-corrected chi connectivity index (χ3v) is 5.09. The molecule has 4 nitrogen and oxygen atoms in total. The molecule has 1 aromatic heterocycles. The summed E-state index contributed by atoms with van der Waals surface area (Å²) in [7, 11) is 0. The molecule has 0 amide bonds. The van der Waals surface area contributed by atoms with Gasteiger partial charge in [0.15, 0.2) is 0 Å². The van der Waals surface area contributed by atoms with Crippen LogP contribution in [0.5, 0.6) is 0 Å². The molecule has 1 saturated heterocycles. The Hall–Kier alpha value is -1.17. The van der Waals surface area contributed by atoms with Gasteiger partial charge in [0.25, 0.3) is 0 Å². The maximum atomic E-state index is 5.83. The van der Waals surface area contributed by atoms with Gasteiger partial charge in [-0.15, -0.1) is 10.2 Å². The van der Waals surface area contributed by atoms with Crippen LogP contribution in [0, 0.1) is 13.8 Å². The topological polar surface area (TPSA) is 32.3 Å². The summed E-state index contributed by atoms with van der Waals surface area (Å²) in [6, 6.07) is 6.55. The molecular formula is C15H19ClN4S. The Kier molecular flexibility index (Phi) is 4.42. The summed E-state index contributed by atoms with van der Waals surface area (Å²) in [5, 5.41) is 8.96. The van der Waals surface area contributed by atoms with Crippen LogP contribution in [0.1, 0.15) is 16.1 Å². The number of anilines is 1. The smallest absolute Gasteiger partial charge is 0.207 e. The first-order chi connectivity index (χ1) is 10.1. The fourth-order valence-corrected chi connectivity index (χ4v) is 3.62. The van der Waals surface area contributed by atoms with E-state index in [2.05, 4.69) is 52.0 Å². The Morgan fingerprint density at radius 2 is 1.90 bits per heavy atom. The van der Waals surface area contributed by atoms with Crippen LogP contribution in [0.2, 0.25) is 4.47 Å². The molecule has 21 heavy (non-hydrogen) atoms. The summed E-state index contributed by atoms with van der Waals surface area (Å²) in [5.41, 5.74) is 4.12. The Bertz CT molecular complexity index is 620. The second kappa shape index (κ2) is 6.30. The van der Waals surface area contributed by atoms with E-state index in [4.69, 9.17) is 11.6 Å². The van der Waals surface area contributed by atoms with Crippen molar-refractivity contribution in [1.29, 1.82) is 0 Å². The van der Waals surface area contributed by atoms with Crippen LogP contribution in [0.25, 0.3) is 0 Å². The predicted molar refractivity (Wildman–Crippen MR) is 88.3 cm³/mol. The van der Waals surface area contributed by atoms with Gasteiger partial charge in [0.1, 0.15) is 5.01 Å². The SMILES string of the molecule is Cc1cccc(N2CCN(Cc3nnc(Cl)s3)CC2)c1C. The van der Waals surface area contributed by atoms with Gasteiger partial charge in [0.2, 0.25) is 4.47 Å². The van der Waals surface area contributed by atoms with Gasteiger partial charge in [-0.2, -0.15) is 0 Å². The molecule has 0 unspecified atom stereocenters. The number of halogens is 1. The average Bonchev–Trinajstić information content (AvgIpc) is 2.88. The van der Waals surface area contributed by atoms with Gasteiger partial charge < -0.3 is 4.90 Å². The van der Waals surface area contributed by atoms with Crippen LogP contribution in [0.4, 0.5) is 5.69 Å². The zero-order valence-corrected chi connectivity index (χ0v) is 13.9. The van der Waals surface area contributed by atoms with Crippen molar-refractivity contribution in [3.8, 4) is 0 Å². The van der Waals surface area contributed by atoms with Crippen LogP contribution in [0.15, 0.2) is 18.2 Å². The van der Waals surface area contributed by atoms with Gasteiger partial charge in [0.05, 0.1) is 6.54 Å².